The van der Waals surface area contributed by atoms with Crippen LogP contribution in [0.5, 0.6) is 0 Å². The predicted molar refractivity (Wildman–Crippen MR) is 121 cm³/mol. The van der Waals surface area contributed by atoms with Crippen molar-refractivity contribution in [2.45, 2.75) is 91.8 Å². The third kappa shape index (κ3) is 9.63. The molecule has 0 aromatic rings. The van der Waals surface area contributed by atoms with Crippen LogP contribution in [0, 0.1) is 17.8 Å². The third-order valence-electron chi connectivity index (χ3n) is 6.29. The van der Waals surface area contributed by atoms with Gasteiger partial charge in [-0.25, -0.2) is 0 Å². The second kappa shape index (κ2) is 13.5. The van der Waals surface area contributed by atoms with Gasteiger partial charge in [0.25, 0.3) is 0 Å². The van der Waals surface area contributed by atoms with Gasteiger partial charge in [-0.1, -0.05) is 20.8 Å². The molecule has 0 spiro atoms. The Morgan fingerprint density at radius 2 is 1.88 bits per heavy atom. The van der Waals surface area contributed by atoms with Crippen LogP contribution in [-0.2, 0) is 33.4 Å². The Morgan fingerprint density at radius 1 is 1.19 bits per heavy atom. The molecule has 1 saturated heterocycles. The molecule has 1 heterocycles. The van der Waals surface area contributed by atoms with E-state index in [-0.39, 0.29) is 48.5 Å². The maximum atomic E-state index is 12.5. The summed E-state index contributed by atoms with van der Waals surface area (Å²) in [4.78, 5) is 46.4. The molecule has 182 valence electrons. The topological polar surface area (TPSA) is 96.0 Å². The smallest absolute Gasteiger partial charge is 0.303 e. The summed E-state index contributed by atoms with van der Waals surface area (Å²) in [5.41, 5.74) is 0.332. The van der Waals surface area contributed by atoms with E-state index in [4.69, 9.17) is 14.2 Å². The number of carbonyl (C=O) groups is 4. The normalized spacial score (nSPS) is 24.5. The van der Waals surface area contributed by atoms with E-state index >= 15 is 0 Å². The number of ketones is 1. The van der Waals surface area contributed by atoms with Crippen molar-refractivity contribution in [1.82, 2.24) is 0 Å². The molecule has 1 aliphatic rings. The maximum absolute atomic E-state index is 12.5. The minimum absolute atomic E-state index is 0.106. The Bertz CT molecular complexity index is 682. The molecule has 0 radical (unpaired) electrons. The molecule has 1 rings (SSSR count). The van der Waals surface area contributed by atoms with Crippen molar-refractivity contribution in [3.05, 3.63) is 11.6 Å². The molecule has 2 unspecified atom stereocenters. The highest BCUT2D eigenvalue weighted by atomic mass is 16.6. The van der Waals surface area contributed by atoms with E-state index in [0.717, 1.165) is 18.3 Å². The highest BCUT2D eigenvalue weighted by Crippen LogP contribution is 2.34. The number of Topliss-reactive ketones (excluding diaryl/α,β-unsaturated/α-hetero) is 1. The summed E-state index contributed by atoms with van der Waals surface area (Å²) >= 11 is 0. The summed E-state index contributed by atoms with van der Waals surface area (Å²) in [6, 6.07) is 0. The lowest BCUT2D eigenvalue weighted by Crippen LogP contribution is -2.43. The first-order chi connectivity index (χ1) is 15.0. The highest BCUT2D eigenvalue weighted by Gasteiger charge is 2.39. The molecule has 0 bridgehead atoms. The van der Waals surface area contributed by atoms with Crippen molar-refractivity contribution in [3.8, 4) is 0 Å². The fourth-order valence-corrected chi connectivity index (χ4v) is 3.89. The number of hydrogen-bond donors (Lipinski definition) is 0. The highest BCUT2D eigenvalue weighted by molar-refractivity contribution is 5.83. The molecule has 32 heavy (non-hydrogen) atoms. The van der Waals surface area contributed by atoms with Gasteiger partial charge in [0.1, 0.15) is 30.4 Å². The van der Waals surface area contributed by atoms with Crippen LogP contribution in [0.2, 0.25) is 0 Å². The first kappa shape index (κ1) is 28.0. The summed E-state index contributed by atoms with van der Waals surface area (Å²) in [6.45, 7) is 11.1. The molecule has 0 aliphatic carbocycles. The molecule has 0 N–H and O–H groups in total. The van der Waals surface area contributed by atoms with Crippen LogP contribution in [0.15, 0.2) is 11.6 Å². The number of rotatable bonds is 12. The van der Waals surface area contributed by atoms with Crippen molar-refractivity contribution in [1.29, 1.82) is 0 Å². The van der Waals surface area contributed by atoms with Crippen LogP contribution < -0.4 is 0 Å². The Kier molecular flexibility index (Phi) is 11.8. The molecule has 0 amide bonds. The second-order valence-corrected chi connectivity index (χ2v) is 9.41. The Labute approximate surface area is 192 Å². The van der Waals surface area contributed by atoms with Crippen LogP contribution >= 0.6 is 0 Å². The average Bonchev–Trinajstić information content (AvgIpc) is 2.85. The third-order valence-corrected chi connectivity index (χ3v) is 6.29. The van der Waals surface area contributed by atoms with Crippen molar-refractivity contribution in [3.63, 3.8) is 0 Å². The number of hydrogen-bond acceptors (Lipinski definition) is 7. The van der Waals surface area contributed by atoms with Gasteiger partial charge in [0.05, 0.1) is 6.61 Å². The summed E-state index contributed by atoms with van der Waals surface area (Å²) in [7, 11) is 0. The molecule has 4 atom stereocenters. The molecule has 1 fully saturated rings. The minimum atomic E-state index is -0.672. The Balaban J connectivity index is 2.72. The van der Waals surface area contributed by atoms with Gasteiger partial charge < -0.3 is 19.0 Å². The Hall–Kier alpha value is -2.02. The maximum Gasteiger partial charge on any atom is 0.303 e. The lowest BCUT2D eigenvalue weighted by atomic mass is 9.85. The lowest BCUT2D eigenvalue weighted by molar-refractivity contribution is -0.167. The quantitative estimate of drug-likeness (QED) is 0.249. The standard InChI is InChI=1S/C25H40O7/c1-17(2)22(15-26)14-23(29)18(3)8-7-12-25(6)24(32-20(5)28)10-9-21(16-31-25)11-13-30-19(4)27/h11,15,17-18,22,24H,7-10,12-14,16H2,1-6H3/t18?,22?,24-,25+/m1/s1. The molecular weight excluding hydrogens is 412 g/mol. The van der Waals surface area contributed by atoms with E-state index in [0.29, 0.717) is 32.3 Å². The average molecular weight is 453 g/mol. The van der Waals surface area contributed by atoms with Crippen molar-refractivity contribution >= 4 is 24.0 Å². The number of esters is 2. The number of carbonyl (C=O) groups excluding carboxylic acids is 4. The first-order valence-electron chi connectivity index (χ1n) is 11.6. The first-order valence-corrected chi connectivity index (χ1v) is 11.6. The fraction of sp³-hybridized carbons (Fsp3) is 0.760. The van der Waals surface area contributed by atoms with E-state index in [1.165, 1.54) is 13.8 Å². The molecule has 0 aromatic carbocycles. The summed E-state index contributed by atoms with van der Waals surface area (Å²) in [5, 5.41) is 0. The summed E-state index contributed by atoms with van der Waals surface area (Å²) in [6.07, 6.45) is 5.97. The van der Waals surface area contributed by atoms with E-state index in [9.17, 15) is 19.2 Å². The second-order valence-electron chi connectivity index (χ2n) is 9.41. The van der Waals surface area contributed by atoms with Gasteiger partial charge in [0, 0.05) is 32.1 Å². The molecule has 0 aromatic heterocycles. The summed E-state index contributed by atoms with van der Waals surface area (Å²) < 4.78 is 16.8. The van der Waals surface area contributed by atoms with E-state index in [2.05, 4.69) is 0 Å². The van der Waals surface area contributed by atoms with Gasteiger partial charge in [-0.3, -0.25) is 14.4 Å². The fourth-order valence-electron chi connectivity index (χ4n) is 3.89. The minimum Gasteiger partial charge on any atom is -0.462 e. The van der Waals surface area contributed by atoms with E-state index < -0.39 is 11.7 Å². The van der Waals surface area contributed by atoms with Crippen molar-refractivity contribution < 1.29 is 33.4 Å². The zero-order valence-electron chi connectivity index (χ0n) is 20.5. The van der Waals surface area contributed by atoms with Crippen molar-refractivity contribution in [2.24, 2.45) is 17.8 Å². The van der Waals surface area contributed by atoms with Gasteiger partial charge in [-0.05, 0) is 56.6 Å². The molecule has 1 aliphatic heterocycles. The van der Waals surface area contributed by atoms with Crippen LogP contribution in [0.3, 0.4) is 0 Å². The van der Waals surface area contributed by atoms with E-state index in [1.54, 1.807) is 0 Å². The van der Waals surface area contributed by atoms with Gasteiger partial charge in [0.2, 0.25) is 0 Å². The van der Waals surface area contributed by atoms with Gasteiger partial charge in [0.15, 0.2) is 0 Å². The predicted octanol–water partition coefficient (Wildman–Crippen LogP) is 4.21. The van der Waals surface area contributed by atoms with Crippen LogP contribution in [-0.4, -0.2) is 48.9 Å². The van der Waals surface area contributed by atoms with Gasteiger partial charge in [-0.2, -0.15) is 0 Å². The van der Waals surface area contributed by atoms with Crippen molar-refractivity contribution in [2.75, 3.05) is 13.2 Å². The molecular formula is C25H40O7. The van der Waals surface area contributed by atoms with Crippen LogP contribution in [0.1, 0.15) is 80.1 Å². The van der Waals surface area contributed by atoms with E-state index in [1.807, 2.05) is 33.8 Å². The zero-order chi connectivity index (χ0) is 24.3. The SMILES string of the molecule is CC(=O)OCC=C1CC[C@@H](OC(C)=O)[C@](C)(CCCC(C)C(=O)CC(C=O)C(C)C)OC1. The number of ether oxygens (including phenoxy) is 3. The monoisotopic (exact) mass is 452 g/mol. The van der Waals surface area contributed by atoms with Crippen LogP contribution in [0.25, 0.3) is 0 Å². The lowest BCUT2D eigenvalue weighted by Gasteiger charge is -2.35. The number of aldehydes is 1. The largest absolute Gasteiger partial charge is 0.462 e. The van der Waals surface area contributed by atoms with Gasteiger partial charge >= 0.3 is 11.9 Å². The van der Waals surface area contributed by atoms with Gasteiger partial charge in [-0.15, -0.1) is 0 Å². The molecule has 7 nitrogen and oxygen atoms in total. The zero-order valence-corrected chi connectivity index (χ0v) is 20.5. The van der Waals surface area contributed by atoms with Crippen LogP contribution in [0.4, 0.5) is 0 Å². The summed E-state index contributed by atoms with van der Waals surface area (Å²) in [5.74, 6) is -0.815. The Morgan fingerprint density at radius 3 is 2.44 bits per heavy atom. The molecule has 7 heteroatoms. The molecule has 0 saturated carbocycles.